The van der Waals surface area contributed by atoms with Gasteiger partial charge in [0.05, 0.1) is 49.1 Å². The molecule has 27 atom stereocenters. The second kappa shape index (κ2) is 23.3. The van der Waals surface area contributed by atoms with Crippen molar-refractivity contribution >= 4 is 22.3 Å². The van der Waals surface area contributed by atoms with E-state index in [4.69, 9.17) is 56.3 Å². The van der Waals surface area contributed by atoms with Crippen LogP contribution in [0, 0.1) is 39.4 Å². The average molecular weight is 1190 g/mol. The van der Waals surface area contributed by atoms with Crippen molar-refractivity contribution in [3.63, 3.8) is 0 Å². The molecule has 82 heavy (non-hydrogen) atoms. The van der Waals surface area contributed by atoms with Crippen molar-refractivity contribution < 1.29 is 125 Å². The number of cyclic esters (lactones) is 1. The molecular weight excluding hydrogens is 1110 g/mol. The lowest BCUT2D eigenvalue weighted by molar-refractivity contribution is -0.382. The Morgan fingerprint density at radius 3 is 2.05 bits per heavy atom. The molecule has 1 spiro atoms. The van der Waals surface area contributed by atoms with Crippen molar-refractivity contribution in [3.05, 3.63) is 35.1 Å². The molecule has 0 aromatic rings. The summed E-state index contributed by atoms with van der Waals surface area (Å²) in [4.78, 5) is 27.4. The first-order valence-corrected chi connectivity index (χ1v) is 29.5. The van der Waals surface area contributed by atoms with Crippen LogP contribution in [0.4, 0.5) is 0 Å². The Hall–Kier alpha value is -2.85. The fourth-order valence-electron chi connectivity index (χ4n) is 16.0. The van der Waals surface area contributed by atoms with Crippen molar-refractivity contribution in [2.24, 2.45) is 39.4 Å². The average Bonchev–Trinajstić information content (AvgIpc) is 1.79. The van der Waals surface area contributed by atoms with Gasteiger partial charge in [0.25, 0.3) is 0 Å². The third-order valence-corrected chi connectivity index (χ3v) is 20.3. The van der Waals surface area contributed by atoms with Crippen molar-refractivity contribution in [2.75, 3.05) is 26.9 Å². The molecule has 0 aromatic carbocycles. The zero-order chi connectivity index (χ0) is 60.1. The van der Waals surface area contributed by atoms with Gasteiger partial charge in [0.1, 0.15) is 91.1 Å². The second-order valence-electron chi connectivity index (χ2n) is 25.4. The largest absolute Gasteiger partial charge is 0.512 e. The van der Waals surface area contributed by atoms with Crippen LogP contribution in [0.3, 0.4) is 0 Å². The third-order valence-electron chi connectivity index (χ3n) is 19.8. The first kappa shape index (κ1) is 63.6. The van der Waals surface area contributed by atoms with Crippen LogP contribution in [-0.4, -0.2) is 226 Å². The van der Waals surface area contributed by atoms with E-state index in [2.05, 4.69) is 6.92 Å². The summed E-state index contributed by atoms with van der Waals surface area (Å²) in [5.74, 6) is -1.82. The van der Waals surface area contributed by atoms with Crippen molar-refractivity contribution in [1.82, 2.24) is 0 Å². The van der Waals surface area contributed by atoms with Gasteiger partial charge in [0.15, 0.2) is 25.2 Å². The summed E-state index contributed by atoms with van der Waals surface area (Å²) in [7, 11) is -3.99. The van der Waals surface area contributed by atoms with Gasteiger partial charge in [0, 0.05) is 25.9 Å². The summed E-state index contributed by atoms with van der Waals surface area (Å²) in [6.07, 6.45) is -23.0. The molecule has 9 rings (SSSR count). The first-order chi connectivity index (χ1) is 38.3. The van der Waals surface area contributed by atoms with Crippen LogP contribution in [0.25, 0.3) is 0 Å². The highest BCUT2D eigenvalue weighted by Crippen LogP contribution is 2.77. The highest BCUT2D eigenvalue weighted by molar-refractivity contribution is 7.80. The Morgan fingerprint density at radius 2 is 1.40 bits per heavy atom. The number of carbonyl (C=O) groups is 2. The van der Waals surface area contributed by atoms with Gasteiger partial charge >= 0.3 is 22.3 Å². The molecule has 0 aromatic heterocycles. The number of aliphatic hydroxyl groups excluding tert-OH is 9. The van der Waals surface area contributed by atoms with E-state index < -0.39 is 198 Å². The highest BCUT2D eigenvalue weighted by Gasteiger charge is 2.80. The molecule has 4 aliphatic carbocycles. The molecule has 5 saturated heterocycles. The van der Waals surface area contributed by atoms with E-state index in [1.54, 1.807) is 0 Å². The van der Waals surface area contributed by atoms with Crippen LogP contribution in [0.5, 0.6) is 0 Å². The van der Waals surface area contributed by atoms with E-state index in [1.165, 1.54) is 21.0 Å². The van der Waals surface area contributed by atoms with Crippen LogP contribution in [0.2, 0.25) is 0 Å². The van der Waals surface area contributed by atoms with E-state index in [0.717, 1.165) is 11.1 Å². The molecule has 5 aliphatic heterocycles. The Balaban J connectivity index is 0.924. The summed E-state index contributed by atoms with van der Waals surface area (Å²) in [5, 5.41) is 101. The van der Waals surface area contributed by atoms with Crippen LogP contribution < -0.4 is 0 Å². The highest BCUT2D eigenvalue weighted by atomic mass is 32.3. The summed E-state index contributed by atoms with van der Waals surface area (Å²) >= 11 is 0. The lowest BCUT2D eigenvalue weighted by atomic mass is 9.40. The van der Waals surface area contributed by atoms with Crippen LogP contribution in [-0.2, 0) is 76.3 Å². The number of hydrogen-bond donors (Lipinski definition) is 10. The molecule has 27 heteroatoms. The number of esters is 2. The monoisotopic (exact) mass is 1190 g/mol. The molecule has 0 amide bonds. The number of methoxy groups -OCH3 is 1. The number of aliphatic hydroxyl groups is 9. The zero-order valence-corrected chi connectivity index (χ0v) is 48.6. The number of carbonyl (C=O) groups excluding carboxylic acids is 2. The van der Waals surface area contributed by atoms with Gasteiger partial charge in [-0.25, -0.2) is 4.18 Å². The quantitative estimate of drug-likeness (QED) is 0.0598. The number of fused-ring (bicyclic) bond motifs is 4. The zero-order valence-electron chi connectivity index (χ0n) is 47.8. The van der Waals surface area contributed by atoms with Gasteiger partial charge in [-0.05, 0) is 94.1 Å². The van der Waals surface area contributed by atoms with Crippen molar-refractivity contribution in [1.29, 1.82) is 0 Å². The molecule has 0 unspecified atom stereocenters. The molecule has 0 bridgehead atoms. The van der Waals surface area contributed by atoms with Gasteiger partial charge in [-0.15, -0.1) is 0 Å². The van der Waals surface area contributed by atoms with E-state index in [9.17, 15) is 68.5 Å². The van der Waals surface area contributed by atoms with E-state index in [1.807, 2.05) is 59.8 Å². The fraction of sp³-hybridized carbons (Fsp3) is 0.855. The van der Waals surface area contributed by atoms with Crippen molar-refractivity contribution in [2.45, 2.75) is 229 Å². The number of allylic oxidation sites excluding steroid dienone is 5. The SMILES string of the molecule is CO[C@@H]1[C@@H](O)[C@H](O[C@@H]2[C@@H](O)[C@H](O[C@H]3[C@H](O)[C@@H](O)[C@H](O[C@H]4[C@H](O[C@H]5CC[C@]6(C)[C@H]7CC[C@]89C(=O)O[C@@](C)(/C=C\C=C(C)C)[C@H]8[C@@H](OC(C)=O)C[C@@]9(C)C7=C(O)C[C@H]6C5(C)C)OC[C@@H](OS(=O)(=O)O)[C@@H]4O)O[C@@H]3C)OC[C@H]2O)O[C@H](CO)[C@H]1O. The third kappa shape index (κ3) is 10.9. The summed E-state index contributed by atoms with van der Waals surface area (Å²) < 4.78 is 104. The minimum atomic E-state index is -5.19. The minimum Gasteiger partial charge on any atom is -0.512 e. The molecular formula is C55H84O26S. The number of rotatable bonds is 15. The first-order valence-electron chi connectivity index (χ1n) is 28.2. The summed E-state index contributed by atoms with van der Waals surface area (Å²) in [5.41, 5.74) is -2.71. The van der Waals surface area contributed by atoms with Gasteiger partial charge < -0.3 is 98.1 Å². The molecule has 10 N–H and O–H groups in total. The maximum Gasteiger partial charge on any atom is 0.397 e. The number of ether oxygens (including phenoxy) is 11. The normalized spacial score (nSPS) is 49.3. The van der Waals surface area contributed by atoms with Crippen LogP contribution in [0.15, 0.2) is 35.1 Å². The van der Waals surface area contributed by atoms with Gasteiger partial charge in [-0.1, -0.05) is 45.4 Å². The Labute approximate surface area is 476 Å². The Morgan fingerprint density at radius 1 is 0.756 bits per heavy atom. The van der Waals surface area contributed by atoms with Gasteiger partial charge in [-0.3, -0.25) is 14.1 Å². The maximum atomic E-state index is 14.7. The van der Waals surface area contributed by atoms with E-state index >= 15 is 0 Å². The summed E-state index contributed by atoms with van der Waals surface area (Å²) in [6, 6.07) is 0. The Kier molecular flexibility index (Phi) is 18.1. The molecule has 5 heterocycles. The van der Waals surface area contributed by atoms with E-state index in [0.29, 0.717) is 25.7 Å². The van der Waals surface area contributed by atoms with Gasteiger partial charge in [-0.2, -0.15) is 8.42 Å². The molecule has 3 saturated carbocycles. The standard InChI is InChI=1S/C55H84O26S/c1-23(2)12-11-15-54(9)45-29(74-25(4)57)19-53(8)34-26(13-17-55(45,53)50(66)80-54)52(7)16-14-33(51(5,6)32(52)18-27(34)58)76-49-44(36(61)31(22-72-49)81-82(67,68)69)79-47-38(63)37(62)41(24(3)73-47)77-46-39(64)42(28(59)21-71-46)78-48-40(65)43(70-10)35(60)30(20-56)75-48/h11-12,15,24,26,28-33,35-49,56,58-65H,13-14,16-22H2,1-10H3,(H,67,68,69)/b15-11-/t24-,26+,28-,29+,30-,31-,32+,33+,35-,36+,37-,38-,39-,40-,41-,42+,43+,44-,45-,46+,47+,48+,49+,52-,53+,54+,55-/m1/s1. The lowest BCUT2D eigenvalue weighted by Crippen LogP contribution is -2.65. The van der Waals surface area contributed by atoms with Gasteiger partial charge in [0.2, 0.25) is 0 Å². The van der Waals surface area contributed by atoms with Crippen molar-refractivity contribution in [3.8, 4) is 0 Å². The topological polar surface area (TPSA) is 381 Å². The molecule has 8 fully saturated rings. The molecule has 26 nitrogen and oxygen atoms in total. The second-order valence-corrected chi connectivity index (χ2v) is 26.5. The van der Waals surface area contributed by atoms with Crippen LogP contribution >= 0.6 is 0 Å². The smallest absolute Gasteiger partial charge is 0.397 e. The summed E-state index contributed by atoms with van der Waals surface area (Å²) in [6.45, 7) is 14.8. The maximum absolute atomic E-state index is 14.7. The number of hydrogen-bond acceptors (Lipinski definition) is 25. The molecule has 466 valence electrons. The molecule has 9 aliphatic rings. The predicted octanol–water partition coefficient (Wildman–Crippen LogP) is 0.282. The van der Waals surface area contributed by atoms with Crippen LogP contribution in [0.1, 0.15) is 101 Å². The Bertz CT molecular complexity index is 2560. The van der Waals surface area contributed by atoms with E-state index in [-0.39, 0.29) is 30.4 Å². The molecule has 0 radical (unpaired) electrons. The fourth-order valence-corrected chi connectivity index (χ4v) is 16.5. The minimum absolute atomic E-state index is 0.129. The predicted molar refractivity (Wildman–Crippen MR) is 277 cm³/mol. The lowest BCUT2D eigenvalue weighted by Gasteiger charge is -2.64.